The summed E-state index contributed by atoms with van der Waals surface area (Å²) in [6.07, 6.45) is 0.713. The number of hydrogen-bond acceptors (Lipinski definition) is 3. The summed E-state index contributed by atoms with van der Waals surface area (Å²) in [6, 6.07) is 8.33. The van der Waals surface area contributed by atoms with Crippen molar-refractivity contribution in [1.29, 1.82) is 0 Å². The summed E-state index contributed by atoms with van der Waals surface area (Å²) < 4.78 is 2.23. The maximum atomic E-state index is 11.9. The van der Waals surface area contributed by atoms with Crippen LogP contribution in [-0.2, 0) is 11.2 Å². The van der Waals surface area contributed by atoms with E-state index in [1.165, 1.54) is 0 Å². The van der Waals surface area contributed by atoms with Gasteiger partial charge in [-0.2, -0.15) is 0 Å². The van der Waals surface area contributed by atoms with Crippen LogP contribution < -0.4 is 11.1 Å². The van der Waals surface area contributed by atoms with Crippen LogP contribution in [0.15, 0.2) is 24.3 Å². The van der Waals surface area contributed by atoms with Gasteiger partial charge in [0.15, 0.2) is 0 Å². The summed E-state index contributed by atoms with van der Waals surface area (Å²) >= 11 is 0. The molecule has 24 heavy (non-hydrogen) atoms. The van der Waals surface area contributed by atoms with E-state index in [1.54, 1.807) is 0 Å². The van der Waals surface area contributed by atoms with E-state index in [4.69, 9.17) is 10.7 Å². The van der Waals surface area contributed by atoms with Gasteiger partial charge in [0.25, 0.3) is 0 Å². The minimum absolute atomic E-state index is 0. The summed E-state index contributed by atoms with van der Waals surface area (Å²) in [5.41, 5.74) is 7.90. The first-order chi connectivity index (χ1) is 10.4. The second kappa shape index (κ2) is 9.87. The quantitative estimate of drug-likeness (QED) is 0.815. The molecule has 0 radical (unpaired) electrons. The Morgan fingerprint density at radius 3 is 2.42 bits per heavy atom. The van der Waals surface area contributed by atoms with Crippen LogP contribution in [0.4, 0.5) is 0 Å². The monoisotopic (exact) mass is 374 g/mol. The first-order valence-corrected chi connectivity index (χ1v) is 7.91. The van der Waals surface area contributed by atoms with Crippen molar-refractivity contribution in [3.8, 4) is 0 Å². The SMILES string of the molecule is CC(N)C(C)C(=O)NCCc1nc2ccccc2n1C(C)C.Cl.Cl. The topological polar surface area (TPSA) is 72.9 Å². The molecule has 0 saturated heterocycles. The number of rotatable bonds is 6. The lowest BCUT2D eigenvalue weighted by Crippen LogP contribution is -2.39. The van der Waals surface area contributed by atoms with E-state index < -0.39 is 0 Å². The predicted molar refractivity (Wildman–Crippen MR) is 104 cm³/mol. The predicted octanol–water partition coefficient (Wildman–Crippen LogP) is 3.10. The number of para-hydroxylation sites is 2. The second-order valence-electron chi connectivity index (χ2n) is 6.17. The first-order valence-electron chi connectivity index (χ1n) is 7.91. The van der Waals surface area contributed by atoms with Crippen LogP contribution in [-0.4, -0.2) is 28.0 Å². The van der Waals surface area contributed by atoms with Crippen molar-refractivity contribution in [1.82, 2.24) is 14.9 Å². The fourth-order valence-electron chi connectivity index (χ4n) is 2.54. The molecule has 1 heterocycles. The normalized spacial score (nSPS) is 13.1. The van der Waals surface area contributed by atoms with Gasteiger partial charge < -0.3 is 15.6 Å². The van der Waals surface area contributed by atoms with Crippen molar-refractivity contribution < 1.29 is 4.79 Å². The Balaban J connectivity index is 0.00000264. The number of carbonyl (C=O) groups is 1. The van der Waals surface area contributed by atoms with Crippen molar-refractivity contribution in [2.75, 3.05) is 6.54 Å². The minimum atomic E-state index is -0.177. The number of nitrogens with zero attached hydrogens (tertiary/aromatic N) is 2. The van der Waals surface area contributed by atoms with Crippen LogP contribution in [0.1, 0.15) is 39.6 Å². The van der Waals surface area contributed by atoms with Gasteiger partial charge in [0.2, 0.25) is 5.91 Å². The van der Waals surface area contributed by atoms with Crippen molar-refractivity contribution in [3.63, 3.8) is 0 Å². The zero-order chi connectivity index (χ0) is 16.3. The number of amides is 1. The highest BCUT2D eigenvalue weighted by Crippen LogP contribution is 2.21. The molecule has 1 aromatic heterocycles. The van der Waals surface area contributed by atoms with E-state index in [-0.39, 0.29) is 42.7 Å². The largest absolute Gasteiger partial charge is 0.355 e. The number of benzene rings is 1. The molecule has 5 nitrogen and oxygen atoms in total. The molecule has 7 heteroatoms. The standard InChI is InChI=1S/C17H26N4O.2ClH/c1-11(2)21-15-8-6-5-7-14(15)20-16(21)9-10-19-17(22)12(3)13(4)18;;/h5-8,11-13H,9-10,18H2,1-4H3,(H,19,22);2*1H. The molecule has 0 fully saturated rings. The summed E-state index contributed by atoms with van der Waals surface area (Å²) in [7, 11) is 0. The summed E-state index contributed by atoms with van der Waals surface area (Å²) in [5, 5.41) is 2.95. The van der Waals surface area contributed by atoms with Crippen molar-refractivity contribution in [2.24, 2.45) is 11.7 Å². The van der Waals surface area contributed by atoms with E-state index in [2.05, 4.69) is 29.8 Å². The number of nitrogens with one attached hydrogen (secondary N) is 1. The van der Waals surface area contributed by atoms with E-state index in [0.29, 0.717) is 19.0 Å². The first kappa shape index (κ1) is 22.7. The molecular formula is C17H28Cl2N4O. The molecule has 3 N–H and O–H groups in total. The van der Waals surface area contributed by atoms with Crippen molar-refractivity contribution in [2.45, 2.75) is 46.2 Å². The molecule has 136 valence electrons. The second-order valence-corrected chi connectivity index (χ2v) is 6.17. The molecular weight excluding hydrogens is 347 g/mol. The molecule has 0 spiro atoms. The highest BCUT2D eigenvalue weighted by Gasteiger charge is 2.17. The number of halogens is 2. The Labute approximate surface area is 156 Å². The number of fused-ring (bicyclic) bond motifs is 1. The van der Waals surface area contributed by atoms with E-state index in [9.17, 15) is 4.79 Å². The molecule has 0 aliphatic carbocycles. The van der Waals surface area contributed by atoms with Crippen LogP contribution in [0.3, 0.4) is 0 Å². The Morgan fingerprint density at radius 2 is 1.83 bits per heavy atom. The average Bonchev–Trinajstić information content (AvgIpc) is 2.84. The lowest BCUT2D eigenvalue weighted by atomic mass is 10.0. The van der Waals surface area contributed by atoms with Gasteiger partial charge in [0, 0.05) is 31.0 Å². The number of hydrogen-bond donors (Lipinski definition) is 2. The number of imidazole rings is 1. The molecule has 2 unspecified atom stereocenters. The smallest absolute Gasteiger partial charge is 0.224 e. The summed E-state index contributed by atoms with van der Waals surface area (Å²) in [4.78, 5) is 16.6. The molecule has 2 atom stereocenters. The van der Waals surface area contributed by atoms with Gasteiger partial charge in [0.1, 0.15) is 5.82 Å². The zero-order valence-corrected chi connectivity index (χ0v) is 16.3. The van der Waals surface area contributed by atoms with Gasteiger partial charge in [-0.1, -0.05) is 19.1 Å². The van der Waals surface area contributed by atoms with Gasteiger partial charge in [0.05, 0.1) is 11.0 Å². The van der Waals surface area contributed by atoms with Gasteiger partial charge >= 0.3 is 0 Å². The highest BCUT2D eigenvalue weighted by atomic mass is 35.5. The average molecular weight is 375 g/mol. The van der Waals surface area contributed by atoms with E-state index >= 15 is 0 Å². The zero-order valence-electron chi connectivity index (χ0n) is 14.7. The lowest BCUT2D eigenvalue weighted by Gasteiger charge is -2.16. The van der Waals surface area contributed by atoms with Crippen LogP contribution in [0, 0.1) is 5.92 Å². The van der Waals surface area contributed by atoms with Crippen molar-refractivity contribution in [3.05, 3.63) is 30.1 Å². The highest BCUT2D eigenvalue weighted by molar-refractivity contribution is 5.85. The minimum Gasteiger partial charge on any atom is -0.355 e. The van der Waals surface area contributed by atoms with E-state index in [1.807, 2.05) is 32.0 Å². The van der Waals surface area contributed by atoms with Gasteiger partial charge in [-0.15, -0.1) is 24.8 Å². The molecule has 0 aliphatic heterocycles. The summed E-state index contributed by atoms with van der Waals surface area (Å²) in [6.45, 7) is 8.57. The van der Waals surface area contributed by atoms with Gasteiger partial charge in [-0.25, -0.2) is 4.98 Å². The van der Waals surface area contributed by atoms with Crippen LogP contribution in [0.25, 0.3) is 11.0 Å². The third kappa shape index (κ3) is 5.10. The lowest BCUT2D eigenvalue weighted by molar-refractivity contribution is -0.124. The molecule has 2 rings (SSSR count). The molecule has 0 saturated carbocycles. The third-order valence-electron chi connectivity index (χ3n) is 4.04. The Hall–Kier alpha value is -1.30. The number of aromatic nitrogens is 2. The Morgan fingerprint density at radius 1 is 1.21 bits per heavy atom. The van der Waals surface area contributed by atoms with Crippen LogP contribution in [0.2, 0.25) is 0 Å². The van der Waals surface area contributed by atoms with Crippen LogP contribution >= 0.6 is 24.8 Å². The fraction of sp³-hybridized carbons (Fsp3) is 0.529. The third-order valence-corrected chi connectivity index (χ3v) is 4.04. The molecule has 0 aliphatic rings. The van der Waals surface area contributed by atoms with Crippen LogP contribution in [0.5, 0.6) is 0 Å². The maximum absolute atomic E-state index is 11.9. The fourth-order valence-corrected chi connectivity index (χ4v) is 2.54. The molecule has 2 aromatic rings. The Kier molecular flexibility index (Phi) is 9.33. The maximum Gasteiger partial charge on any atom is 0.224 e. The molecule has 0 bridgehead atoms. The van der Waals surface area contributed by atoms with Gasteiger partial charge in [-0.05, 0) is 32.9 Å². The van der Waals surface area contributed by atoms with E-state index in [0.717, 1.165) is 16.9 Å². The molecule has 1 aromatic carbocycles. The Bertz CT molecular complexity index is 655. The summed E-state index contributed by atoms with van der Waals surface area (Å²) in [5.74, 6) is 0.830. The number of carbonyl (C=O) groups excluding carboxylic acids is 1. The van der Waals surface area contributed by atoms with Crippen molar-refractivity contribution >= 4 is 41.8 Å². The molecule has 1 amide bonds. The number of nitrogens with two attached hydrogens (primary N) is 1. The van der Waals surface area contributed by atoms with Gasteiger partial charge in [-0.3, -0.25) is 4.79 Å².